The monoisotopic (exact) mass is 745 g/mol. The van der Waals surface area contributed by atoms with Gasteiger partial charge in [0.25, 0.3) is 5.91 Å². The molecule has 13 heteroatoms. The van der Waals surface area contributed by atoms with Gasteiger partial charge in [-0.3, -0.25) is 4.79 Å². The number of methoxy groups -OCH3 is 1. The number of carbonyl (C=O) groups is 2. The molecule has 0 radical (unpaired) electrons. The van der Waals surface area contributed by atoms with Crippen molar-refractivity contribution in [2.24, 2.45) is 0 Å². The maximum atomic E-state index is 14.7. The summed E-state index contributed by atoms with van der Waals surface area (Å²) in [6.45, 7) is 2.20. The first-order valence-electron chi connectivity index (χ1n) is 16.5. The summed E-state index contributed by atoms with van der Waals surface area (Å²) in [4.78, 5) is 28.1. The van der Waals surface area contributed by atoms with E-state index >= 15 is 0 Å². The first-order valence-corrected chi connectivity index (χ1v) is 17.7. The van der Waals surface area contributed by atoms with E-state index in [-0.39, 0.29) is 51.2 Å². The maximum Gasteiger partial charge on any atom is 0.406 e. The quantitative estimate of drug-likeness (QED) is 0.113. The predicted molar refractivity (Wildman–Crippen MR) is 194 cm³/mol. The summed E-state index contributed by atoms with van der Waals surface area (Å²) in [6, 6.07) is 18.4. The second kappa shape index (κ2) is 18.6. The van der Waals surface area contributed by atoms with Gasteiger partial charge >= 0.3 is 6.09 Å². The van der Waals surface area contributed by atoms with E-state index < -0.39 is 6.09 Å². The van der Waals surface area contributed by atoms with E-state index in [0.29, 0.717) is 58.1 Å². The summed E-state index contributed by atoms with van der Waals surface area (Å²) in [6.07, 6.45) is 2.54. The second-order valence-corrected chi connectivity index (χ2v) is 13.1. The second-order valence-electron chi connectivity index (χ2n) is 11.9. The minimum atomic E-state index is -0.481. The molecule has 0 spiro atoms. The lowest BCUT2D eigenvalue weighted by Crippen LogP contribution is -2.47. The molecule has 0 saturated heterocycles. The van der Waals surface area contributed by atoms with Crippen molar-refractivity contribution in [3.63, 3.8) is 0 Å². The highest BCUT2D eigenvalue weighted by Crippen LogP contribution is 2.36. The largest absolute Gasteiger partial charge is 0.490 e. The van der Waals surface area contributed by atoms with Crippen LogP contribution in [0.1, 0.15) is 36.0 Å². The number of hydrogen-bond acceptors (Lipinski definition) is 8. The van der Waals surface area contributed by atoms with Crippen LogP contribution in [-0.2, 0) is 32.0 Å². The van der Waals surface area contributed by atoms with Crippen LogP contribution in [0.4, 0.5) is 4.79 Å². The van der Waals surface area contributed by atoms with E-state index in [1.165, 1.54) is 7.05 Å². The zero-order valence-electron chi connectivity index (χ0n) is 28.1. The molecule has 3 aromatic carbocycles. The van der Waals surface area contributed by atoms with Crippen molar-refractivity contribution in [1.82, 2.24) is 15.5 Å². The van der Waals surface area contributed by atoms with Crippen LogP contribution < -0.4 is 20.1 Å². The van der Waals surface area contributed by atoms with E-state index in [9.17, 15) is 9.59 Å². The molecular weight excluding hydrogens is 705 g/mol. The number of amides is 2. The van der Waals surface area contributed by atoms with Crippen molar-refractivity contribution < 1.29 is 33.3 Å². The molecule has 0 bridgehead atoms. The van der Waals surface area contributed by atoms with Crippen molar-refractivity contribution in [3.05, 3.63) is 98.0 Å². The maximum absolute atomic E-state index is 14.7. The summed E-state index contributed by atoms with van der Waals surface area (Å²) in [5.41, 5.74) is 4.36. The first kappa shape index (κ1) is 37.7. The molecule has 5 rings (SSSR count). The Balaban J connectivity index is 1.34. The molecule has 1 atom stereocenters. The third-order valence-corrected chi connectivity index (χ3v) is 9.37. The van der Waals surface area contributed by atoms with Gasteiger partial charge in [0.1, 0.15) is 25.8 Å². The number of ether oxygens (including phenoxy) is 5. The molecule has 0 aromatic heterocycles. The van der Waals surface area contributed by atoms with Gasteiger partial charge in [0.05, 0.1) is 29.3 Å². The molecule has 2 aliphatic rings. The van der Waals surface area contributed by atoms with E-state index in [0.717, 1.165) is 35.1 Å². The molecule has 1 aliphatic heterocycles. The fourth-order valence-electron chi connectivity index (χ4n) is 5.79. The third kappa shape index (κ3) is 10.3. The molecule has 268 valence electrons. The molecule has 1 fully saturated rings. The van der Waals surface area contributed by atoms with Crippen LogP contribution >= 0.6 is 34.8 Å². The lowest BCUT2D eigenvalue weighted by molar-refractivity contribution is -0.129. The number of carbonyl (C=O) groups excluding carboxylic acids is 2. The number of para-hydroxylation sites is 1. The lowest BCUT2D eigenvalue weighted by Gasteiger charge is -2.33. The average molecular weight is 747 g/mol. The van der Waals surface area contributed by atoms with Gasteiger partial charge in [-0.05, 0) is 78.4 Å². The third-order valence-electron chi connectivity index (χ3n) is 8.40. The summed E-state index contributed by atoms with van der Waals surface area (Å²) in [7, 11) is 3.09. The van der Waals surface area contributed by atoms with Crippen LogP contribution in [0.5, 0.6) is 11.5 Å². The summed E-state index contributed by atoms with van der Waals surface area (Å²) in [5.74, 6) is 1.04. The molecule has 50 heavy (non-hydrogen) atoms. The SMILES string of the molecule is CNC(=O)OCCc1ccc(Cl)c(CN(C(=O)C2=C(c3ccc(OCCOc4c(Cl)cccc4Cl)cc3)CCNC2COCOC)C2CC2)c1. The molecule has 3 aromatic rings. The summed E-state index contributed by atoms with van der Waals surface area (Å²) < 4.78 is 27.8. The molecule has 2 amide bonds. The Hall–Kier alpha value is -3.51. The number of hydrogen-bond donors (Lipinski definition) is 2. The van der Waals surface area contributed by atoms with Gasteiger partial charge in [-0.1, -0.05) is 65.1 Å². The van der Waals surface area contributed by atoms with Gasteiger partial charge in [0.15, 0.2) is 5.75 Å². The minimum absolute atomic E-state index is 0.0548. The number of alkyl carbamates (subject to hydrolysis) is 1. The lowest BCUT2D eigenvalue weighted by atomic mass is 9.88. The zero-order valence-corrected chi connectivity index (χ0v) is 30.4. The van der Waals surface area contributed by atoms with Gasteiger partial charge < -0.3 is 39.2 Å². The smallest absolute Gasteiger partial charge is 0.406 e. The normalized spacial score (nSPS) is 15.8. The van der Waals surface area contributed by atoms with Gasteiger partial charge in [-0.25, -0.2) is 4.79 Å². The van der Waals surface area contributed by atoms with Crippen molar-refractivity contribution in [2.45, 2.75) is 44.3 Å². The number of rotatable bonds is 17. The zero-order chi connectivity index (χ0) is 35.5. The van der Waals surface area contributed by atoms with Crippen LogP contribution in [0.3, 0.4) is 0 Å². The molecule has 1 aliphatic carbocycles. The van der Waals surface area contributed by atoms with Gasteiger partial charge in [0, 0.05) is 43.8 Å². The van der Waals surface area contributed by atoms with Crippen LogP contribution in [0.2, 0.25) is 15.1 Å². The Labute approximate surface area is 307 Å². The summed E-state index contributed by atoms with van der Waals surface area (Å²) in [5, 5.41) is 7.40. The standard InChI is InChI=1S/C37H42Cl3N3O7/c1-41-37(45)50-17-15-24-6-13-30(38)26(20-24)21-43(27-9-10-27)36(44)34-29(14-16-42-33(34)22-47-23-46-2)25-7-11-28(12-8-25)48-18-19-49-35-31(39)4-3-5-32(35)40/h3-8,11-13,20,27,33,42H,9-10,14-19,21-23H2,1-2H3,(H,41,45). The van der Waals surface area contributed by atoms with Crippen molar-refractivity contribution in [3.8, 4) is 11.5 Å². The molecular formula is C37H42Cl3N3O7. The highest BCUT2D eigenvalue weighted by molar-refractivity contribution is 6.37. The van der Waals surface area contributed by atoms with E-state index in [1.807, 2.05) is 47.4 Å². The fraction of sp³-hybridized carbons (Fsp3) is 0.405. The Bertz CT molecular complexity index is 1630. The number of benzene rings is 3. The predicted octanol–water partition coefficient (Wildman–Crippen LogP) is 6.93. The van der Waals surface area contributed by atoms with Crippen molar-refractivity contribution in [2.75, 3.05) is 53.9 Å². The molecule has 2 N–H and O–H groups in total. The van der Waals surface area contributed by atoms with Crippen LogP contribution in [0.25, 0.3) is 5.57 Å². The number of nitrogens with one attached hydrogen (secondary N) is 2. The molecule has 1 unspecified atom stereocenters. The van der Waals surface area contributed by atoms with E-state index in [2.05, 4.69) is 10.6 Å². The van der Waals surface area contributed by atoms with Crippen LogP contribution in [0.15, 0.2) is 66.2 Å². The average Bonchev–Trinajstić information content (AvgIpc) is 3.97. The highest BCUT2D eigenvalue weighted by Gasteiger charge is 2.38. The molecule has 10 nitrogen and oxygen atoms in total. The Kier molecular flexibility index (Phi) is 14.1. The van der Waals surface area contributed by atoms with Crippen molar-refractivity contribution >= 4 is 52.4 Å². The van der Waals surface area contributed by atoms with Gasteiger partial charge in [0.2, 0.25) is 0 Å². The van der Waals surface area contributed by atoms with E-state index in [1.54, 1.807) is 25.3 Å². The number of halogens is 3. The molecule has 1 saturated carbocycles. The first-order chi connectivity index (χ1) is 24.3. The summed E-state index contributed by atoms with van der Waals surface area (Å²) >= 11 is 19.1. The highest BCUT2D eigenvalue weighted by atomic mass is 35.5. The Morgan fingerprint density at radius 1 is 0.940 bits per heavy atom. The van der Waals surface area contributed by atoms with Crippen molar-refractivity contribution in [1.29, 1.82) is 0 Å². The Morgan fingerprint density at radius 2 is 1.68 bits per heavy atom. The Morgan fingerprint density at radius 3 is 2.38 bits per heavy atom. The minimum Gasteiger partial charge on any atom is -0.490 e. The van der Waals surface area contributed by atoms with Gasteiger partial charge in [-0.15, -0.1) is 0 Å². The fourth-order valence-corrected chi connectivity index (χ4v) is 6.48. The van der Waals surface area contributed by atoms with Gasteiger partial charge in [-0.2, -0.15) is 0 Å². The molecule has 1 heterocycles. The number of nitrogens with zero attached hydrogens (tertiary/aromatic N) is 1. The van der Waals surface area contributed by atoms with Crippen LogP contribution in [-0.4, -0.2) is 82.9 Å². The van der Waals surface area contributed by atoms with Crippen LogP contribution in [0, 0.1) is 0 Å². The van der Waals surface area contributed by atoms with E-state index in [4.69, 9.17) is 58.5 Å². The topological polar surface area (TPSA) is 108 Å².